The van der Waals surface area contributed by atoms with E-state index in [2.05, 4.69) is 52.2 Å². The van der Waals surface area contributed by atoms with Crippen LogP contribution in [0.25, 0.3) is 0 Å². The highest BCUT2D eigenvalue weighted by Gasteiger charge is 2.65. The van der Waals surface area contributed by atoms with E-state index >= 15 is 0 Å². The lowest BCUT2D eigenvalue weighted by Gasteiger charge is -2.62. The Morgan fingerprint density at radius 2 is 0.949 bits per heavy atom. The number of carbonyl (C=O) groups is 2. The molecule has 8 saturated carbocycles. The van der Waals surface area contributed by atoms with Gasteiger partial charge in [0.05, 0.1) is 24.4 Å². The lowest BCUT2D eigenvalue weighted by atomic mass is 9.43. The molecule has 0 unspecified atom stereocenters. The second kappa shape index (κ2) is 17.1. The molecule has 2 amide bonds. The Labute approximate surface area is 358 Å². The van der Waals surface area contributed by atoms with E-state index in [4.69, 9.17) is 0 Å². The molecule has 0 saturated heterocycles. The van der Waals surface area contributed by atoms with Gasteiger partial charge in [-0.05, 0) is 215 Å². The van der Waals surface area contributed by atoms with Crippen molar-refractivity contribution in [3.05, 3.63) is 0 Å². The number of aliphatic hydroxyl groups is 4. The fraction of sp³-hybridized carbons (Fsp3) is 0.961. The Hall–Kier alpha value is -1.22. The molecular formula is C51H86N2O6. The van der Waals surface area contributed by atoms with E-state index in [1.807, 2.05) is 0 Å². The van der Waals surface area contributed by atoms with Gasteiger partial charge in [-0.2, -0.15) is 0 Å². The maximum absolute atomic E-state index is 13.0. The topological polar surface area (TPSA) is 139 Å². The third-order valence-electron chi connectivity index (χ3n) is 21.7. The third kappa shape index (κ3) is 7.70. The van der Waals surface area contributed by atoms with Crippen molar-refractivity contribution in [2.45, 2.75) is 201 Å². The van der Waals surface area contributed by atoms with Crippen LogP contribution in [0.15, 0.2) is 0 Å². The minimum atomic E-state index is -0.294. The van der Waals surface area contributed by atoms with Crippen molar-refractivity contribution in [2.75, 3.05) is 13.1 Å². The molecule has 0 spiro atoms. The molecule has 6 N–H and O–H groups in total. The lowest BCUT2D eigenvalue weighted by molar-refractivity contribution is -0.175. The standard InChI is InChI=1S/C51H86N2O6/c1-30(38-14-16-40-36-12-10-32-26-34(54)20-22-48(32,3)42(36)28-44(56)50(38,40)5)8-18-46(58)52-24-7-25-53-47(59)19-9-31(2)39-15-17-41-37-13-11-33-27-35(55)21-23-49(33,4)43(37)29-45(57)51(39,41)6/h30-45,54-57H,7-29H2,1-6H3,(H,52,58)(H,53,59)/t30-,31-,32-,33-,34-,35-,36+,37+,38-,39-,40+,41+,42+,43+,44+,45+,48+,49+,50-,51-/m1/s1. The van der Waals surface area contributed by atoms with Crippen LogP contribution in [-0.4, -0.2) is 69.7 Å². The summed E-state index contributed by atoms with van der Waals surface area (Å²) in [7, 11) is 0. The largest absolute Gasteiger partial charge is 0.393 e. The summed E-state index contributed by atoms with van der Waals surface area (Å²) in [6, 6.07) is 0. The quantitative estimate of drug-likeness (QED) is 0.109. The predicted molar refractivity (Wildman–Crippen MR) is 233 cm³/mol. The maximum atomic E-state index is 13.0. The van der Waals surface area contributed by atoms with Gasteiger partial charge in [-0.3, -0.25) is 9.59 Å². The first-order chi connectivity index (χ1) is 28.0. The molecule has 0 heterocycles. The summed E-state index contributed by atoms with van der Waals surface area (Å²) in [5.41, 5.74) is 0.331. The fourth-order valence-corrected chi connectivity index (χ4v) is 18.2. The molecule has 0 aromatic heterocycles. The molecule has 0 aliphatic heterocycles. The smallest absolute Gasteiger partial charge is 0.220 e. The second-order valence-electron chi connectivity index (χ2n) is 23.9. The summed E-state index contributed by atoms with van der Waals surface area (Å²) in [4.78, 5) is 26.0. The van der Waals surface area contributed by atoms with E-state index in [1.165, 1.54) is 38.5 Å². The van der Waals surface area contributed by atoms with Crippen molar-refractivity contribution in [3.8, 4) is 0 Å². The third-order valence-corrected chi connectivity index (χ3v) is 21.7. The zero-order valence-corrected chi connectivity index (χ0v) is 38.1. The summed E-state index contributed by atoms with van der Waals surface area (Å²) in [5, 5.41) is 50.9. The van der Waals surface area contributed by atoms with Gasteiger partial charge in [0, 0.05) is 25.9 Å². The van der Waals surface area contributed by atoms with Crippen LogP contribution >= 0.6 is 0 Å². The Balaban J connectivity index is 0.733. The van der Waals surface area contributed by atoms with Gasteiger partial charge in [-0.15, -0.1) is 0 Å². The fourth-order valence-electron chi connectivity index (χ4n) is 18.2. The highest BCUT2D eigenvalue weighted by Crippen LogP contribution is 2.70. The number of rotatable bonds is 12. The molecule has 8 nitrogen and oxygen atoms in total. The second-order valence-corrected chi connectivity index (χ2v) is 23.9. The normalized spacial score (nSPS) is 49.9. The maximum Gasteiger partial charge on any atom is 0.220 e. The minimum absolute atomic E-state index is 0.0816. The number of hydrogen-bond donors (Lipinski definition) is 6. The minimum Gasteiger partial charge on any atom is -0.393 e. The van der Waals surface area contributed by atoms with E-state index in [1.54, 1.807) is 0 Å². The molecule has 336 valence electrons. The van der Waals surface area contributed by atoms with Gasteiger partial charge in [0.2, 0.25) is 11.8 Å². The van der Waals surface area contributed by atoms with Crippen LogP contribution in [0.4, 0.5) is 0 Å². The van der Waals surface area contributed by atoms with Crippen LogP contribution in [0.3, 0.4) is 0 Å². The summed E-state index contributed by atoms with van der Waals surface area (Å²) in [6.07, 6.45) is 19.9. The summed E-state index contributed by atoms with van der Waals surface area (Å²) >= 11 is 0. The number of hydrogen-bond acceptors (Lipinski definition) is 6. The monoisotopic (exact) mass is 823 g/mol. The highest BCUT2D eigenvalue weighted by atomic mass is 16.3. The Morgan fingerprint density at radius 1 is 0.542 bits per heavy atom. The molecule has 8 aliphatic carbocycles. The average molecular weight is 823 g/mol. The van der Waals surface area contributed by atoms with Crippen LogP contribution in [0.5, 0.6) is 0 Å². The van der Waals surface area contributed by atoms with E-state index in [-0.39, 0.29) is 57.9 Å². The number of aliphatic hydroxyl groups excluding tert-OH is 4. The molecule has 0 aromatic rings. The number of fused-ring (bicyclic) bond motifs is 10. The van der Waals surface area contributed by atoms with Crippen molar-refractivity contribution < 1.29 is 30.0 Å². The van der Waals surface area contributed by atoms with Crippen molar-refractivity contribution in [2.24, 2.45) is 92.7 Å². The zero-order valence-electron chi connectivity index (χ0n) is 38.1. The van der Waals surface area contributed by atoms with Gasteiger partial charge in [-0.1, -0.05) is 41.5 Å². The van der Waals surface area contributed by atoms with Crippen LogP contribution in [0.2, 0.25) is 0 Å². The summed E-state index contributed by atoms with van der Waals surface area (Å²) in [6.45, 7) is 15.5. The summed E-state index contributed by atoms with van der Waals surface area (Å²) in [5.74, 6) is 6.58. The van der Waals surface area contributed by atoms with Crippen molar-refractivity contribution >= 4 is 11.8 Å². The van der Waals surface area contributed by atoms with E-state index in [9.17, 15) is 30.0 Å². The molecular weight excluding hydrogens is 737 g/mol. The van der Waals surface area contributed by atoms with Gasteiger partial charge in [0.1, 0.15) is 0 Å². The van der Waals surface area contributed by atoms with Gasteiger partial charge in [0.25, 0.3) is 0 Å². The van der Waals surface area contributed by atoms with Crippen LogP contribution in [0, 0.1) is 92.7 Å². The van der Waals surface area contributed by atoms with Crippen LogP contribution in [-0.2, 0) is 9.59 Å². The van der Waals surface area contributed by atoms with E-state index in [0.29, 0.717) is 103 Å². The van der Waals surface area contributed by atoms with Gasteiger partial charge in [0.15, 0.2) is 0 Å². The highest BCUT2D eigenvalue weighted by molar-refractivity contribution is 5.76. The van der Waals surface area contributed by atoms with Crippen LogP contribution < -0.4 is 10.6 Å². The molecule has 8 rings (SSSR count). The molecule has 8 aliphatic rings. The van der Waals surface area contributed by atoms with Gasteiger partial charge < -0.3 is 31.1 Å². The van der Waals surface area contributed by atoms with E-state index in [0.717, 1.165) is 77.0 Å². The lowest BCUT2D eigenvalue weighted by Crippen LogP contribution is -2.58. The zero-order chi connectivity index (χ0) is 42.1. The molecule has 59 heavy (non-hydrogen) atoms. The first-order valence-corrected chi connectivity index (χ1v) is 25.3. The number of nitrogens with one attached hydrogen (secondary N) is 2. The van der Waals surface area contributed by atoms with Crippen molar-refractivity contribution in [3.63, 3.8) is 0 Å². The molecule has 20 atom stereocenters. The summed E-state index contributed by atoms with van der Waals surface area (Å²) < 4.78 is 0. The first-order valence-electron chi connectivity index (χ1n) is 25.3. The van der Waals surface area contributed by atoms with E-state index < -0.39 is 0 Å². The molecule has 0 aromatic carbocycles. The Morgan fingerprint density at radius 3 is 1.36 bits per heavy atom. The average Bonchev–Trinajstić information content (AvgIpc) is 3.76. The number of amides is 2. The Bertz CT molecular complexity index is 1400. The molecule has 0 bridgehead atoms. The van der Waals surface area contributed by atoms with Crippen LogP contribution in [0.1, 0.15) is 176 Å². The molecule has 0 radical (unpaired) electrons. The first kappa shape index (κ1) is 44.4. The Kier molecular flexibility index (Phi) is 12.8. The molecule has 8 fully saturated rings. The van der Waals surface area contributed by atoms with Crippen molar-refractivity contribution in [1.29, 1.82) is 0 Å². The SMILES string of the molecule is C[C@H](CCC(=O)NCCCNC(=O)CC[C@@H](C)[C@H]1CC[C@H]2[C@@H]3CC[C@@H]4C[C@H](O)CC[C@]4(C)[C@H]3C[C@H](O)[C@]12C)[C@H]1CC[C@H]2[C@@H]3CC[C@@H]4C[C@H](O)CC[C@]4(C)[C@H]3C[C@H](O)[C@]12C. The molecule has 8 heteroatoms. The number of carbonyl (C=O) groups excluding carboxylic acids is 2. The van der Waals surface area contributed by atoms with Crippen molar-refractivity contribution in [1.82, 2.24) is 10.6 Å². The predicted octanol–water partition coefficient (Wildman–Crippen LogP) is 8.42. The van der Waals surface area contributed by atoms with Gasteiger partial charge >= 0.3 is 0 Å². The van der Waals surface area contributed by atoms with Gasteiger partial charge in [-0.25, -0.2) is 0 Å².